The summed E-state index contributed by atoms with van der Waals surface area (Å²) >= 11 is 1.01. The summed E-state index contributed by atoms with van der Waals surface area (Å²) in [6, 6.07) is -1.13. The quantitative estimate of drug-likeness (QED) is 0.142. The van der Waals surface area contributed by atoms with E-state index >= 15 is 0 Å². The highest BCUT2D eigenvalue weighted by molar-refractivity contribution is 8.00. The zero-order valence-corrected chi connectivity index (χ0v) is 28.8. The lowest BCUT2D eigenvalue weighted by Gasteiger charge is -2.40. The fourth-order valence-electron chi connectivity index (χ4n) is 5.08. The largest absolute Gasteiger partial charge is 0.462 e. The second kappa shape index (κ2) is 18.3. The van der Waals surface area contributed by atoms with Gasteiger partial charge in [0.25, 0.3) is 0 Å². The molecule has 2 aliphatic rings. The Labute approximate surface area is 284 Å². The molecule has 0 aromatic carbocycles. The summed E-state index contributed by atoms with van der Waals surface area (Å²) in [5.74, 6) is -8.02. The summed E-state index contributed by atoms with van der Waals surface area (Å²) in [5.41, 5.74) is 0. The van der Waals surface area contributed by atoms with Crippen LogP contribution in [0.15, 0.2) is 0 Å². The van der Waals surface area contributed by atoms with Gasteiger partial charge in [-0.05, 0) is 0 Å². The first kappa shape index (κ1) is 40.7. The van der Waals surface area contributed by atoms with Crippen LogP contribution in [0.2, 0.25) is 0 Å². The number of carbonyl (C=O) groups excluding carboxylic acids is 9. The van der Waals surface area contributed by atoms with Gasteiger partial charge >= 0.3 is 53.7 Å². The van der Waals surface area contributed by atoms with Crippen LogP contribution in [0.25, 0.3) is 0 Å². The smallest absolute Gasteiger partial charge is 0.326 e. The molecule has 0 amide bonds. The van der Waals surface area contributed by atoms with Gasteiger partial charge < -0.3 is 42.6 Å². The molecular formula is C29H39NO18S. The Morgan fingerprint density at radius 3 is 1.39 bits per heavy atom. The molecule has 274 valence electrons. The van der Waals surface area contributed by atoms with Crippen molar-refractivity contribution in [1.82, 2.24) is 4.90 Å². The molecule has 2 fully saturated rings. The van der Waals surface area contributed by atoms with Crippen LogP contribution >= 0.6 is 11.8 Å². The van der Waals surface area contributed by atoms with Gasteiger partial charge in [0.2, 0.25) is 0 Å². The molecule has 0 spiro atoms. The van der Waals surface area contributed by atoms with Gasteiger partial charge in [0, 0.05) is 61.1 Å². The van der Waals surface area contributed by atoms with E-state index in [2.05, 4.69) is 0 Å². The topological polar surface area (TPSA) is 240 Å². The molecule has 9 atom stereocenters. The van der Waals surface area contributed by atoms with Crippen LogP contribution in [0.4, 0.5) is 0 Å². The maximum Gasteiger partial charge on any atom is 0.326 e. The third kappa shape index (κ3) is 12.2. The lowest BCUT2D eigenvalue weighted by molar-refractivity contribution is -0.212. The number of thioether (sulfide) groups is 1. The summed E-state index contributed by atoms with van der Waals surface area (Å²) in [6.07, 6.45) is -11.6. The number of esters is 9. The summed E-state index contributed by atoms with van der Waals surface area (Å²) in [7, 11) is 0. The molecule has 0 aromatic rings. The van der Waals surface area contributed by atoms with Crippen molar-refractivity contribution in [2.45, 2.75) is 110 Å². The Morgan fingerprint density at radius 2 is 1.00 bits per heavy atom. The highest BCUT2D eigenvalue weighted by Crippen LogP contribution is 2.43. The Morgan fingerprint density at radius 1 is 0.612 bits per heavy atom. The SMILES string of the molecule is CC(=O)OCC(OC(C)=O)C(OC(C)=O)C(OC(C)=O)C1OC(=O)C2CSC(C(OC(C)=O)C(OC(C)=O)C(COC(C)=O)OC(C)=O)N21. The third-order valence-corrected chi connectivity index (χ3v) is 7.93. The fraction of sp³-hybridized carbons (Fsp3) is 0.690. The first-order valence-electron chi connectivity index (χ1n) is 14.7. The van der Waals surface area contributed by atoms with Crippen molar-refractivity contribution in [3.63, 3.8) is 0 Å². The Hall–Kier alpha value is -4.46. The predicted molar refractivity (Wildman–Crippen MR) is 158 cm³/mol. The van der Waals surface area contributed by atoms with E-state index in [1.165, 1.54) is 4.90 Å². The maximum absolute atomic E-state index is 13.3. The van der Waals surface area contributed by atoms with Gasteiger partial charge in [-0.2, -0.15) is 0 Å². The molecule has 19 nitrogen and oxygen atoms in total. The van der Waals surface area contributed by atoms with Crippen LogP contribution in [0, 0.1) is 0 Å². The number of hydrogen-bond acceptors (Lipinski definition) is 20. The highest BCUT2D eigenvalue weighted by Gasteiger charge is 2.61. The summed E-state index contributed by atoms with van der Waals surface area (Å²) in [5, 5.41) is -1.22. The summed E-state index contributed by atoms with van der Waals surface area (Å²) in [6.45, 7) is 6.88. The van der Waals surface area contributed by atoms with Crippen LogP contribution in [0.1, 0.15) is 55.4 Å². The molecule has 0 saturated carbocycles. The summed E-state index contributed by atoms with van der Waals surface area (Å²) < 4.78 is 48.3. The number of nitrogens with zero attached hydrogens (tertiary/aromatic N) is 1. The molecule has 49 heavy (non-hydrogen) atoms. The lowest BCUT2D eigenvalue weighted by Crippen LogP contribution is -2.60. The van der Waals surface area contributed by atoms with Crippen molar-refractivity contribution in [2.24, 2.45) is 0 Å². The fourth-order valence-corrected chi connectivity index (χ4v) is 6.61. The average molecular weight is 722 g/mol. The monoisotopic (exact) mass is 721 g/mol. The van der Waals surface area contributed by atoms with Gasteiger partial charge in [-0.15, -0.1) is 11.8 Å². The second-order valence-electron chi connectivity index (χ2n) is 10.7. The van der Waals surface area contributed by atoms with E-state index < -0.39 is 121 Å². The first-order valence-corrected chi connectivity index (χ1v) is 15.8. The highest BCUT2D eigenvalue weighted by atomic mass is 32.2. The van der Waals surface area contributed by atoms with Crippen LogP contribution in [0.3, 0.4) is 0 Å². The molecule has 0 aliphatic carbocycles. The predicted octanol–water partition coefficient (Wildman–Crippen LogP) is -0.671. The van der Waals surface area contributed by atoms with E-state index in [0.29, 0.717) is 0 Å². The molecule has 2 saturated heterocycles. The van der Waals surface area contributed by atoms with E-state index in [-0.39, 0.29) is 5.75 Å². The van der Waals surface area contributed by atoms with Gasteiger partial charge in [-0.3, -0.25) is 43.2 Å². The van der Waals surface area contributed by atoms with Crippen molar-refractivity contribution < 1.29 is 85.8 Å². The van der Waals surface area contributed by atoms with E-state index in [9.17, 15) is 43.2 Å². The molecular weight excluding hydrogens is 682 g/mol. The van der Waals surface area contributed by atoms with E-state index in [0.717, 1.165) is 67.2 Å². The Bertz CT molecular complexity index is 1300. The first-order chi connectivity index (χ1) is 22.8. The molecule has 2 rings (SSSR count). The molecule has 0 N–H and O–H groups in total. The van der Waals surface area contributed by atoms with Crippen LogP contribution in [0.5, 0.6) is 0 Å². The minimum absolute atomic E-state index is 0.0292. The molecule has 0 bridgehead atoms. The molecule has 0 aromatic heterocycles. The second-order valence-corrected chi connectivity index (χ2v) is 11.9. The number of fused-ring (bicyclic) bond motifs is 1. The zero-order chi connectivity index (χ0) is 37.2. The average Bonchev–Trinajstić information content (AvgIpc) is 3.53. The van der Waals surface area contributed by atoms with E-state index in [1.54, 1.807) is 0 Å². The van der Waals surface area contributed by atoms with Gasteiger partial charge in [-0.25, -0.2) is 4.90 Å². The lowest BCUT2D eigenvalue weighted by atomic mass is 10.0. The van der Waals surface area contributed by atoms with Crippen LogP contribution < -0.4 is 0 Å². The minimum atomic E-state index is -1.79. The van der Waals surface area contributed by atoms with E-state index in [1.807, 2.05) is 0 Å². The van der Waals surface area contributed by atoms with Gasteiger partial charge in [0.1, 0.15) is 24.6 Å². The normalized spacial score (nSPS) is 22.0. The molecule has 2 aliphatic heterocycles. The Kier molecular flexibility index (Phi) is 15.2. The number of ether oxygens (including phenoxy) is 9. The minimum Gasteiger partial charge on any atom is -0.462 e. The third-order valence-electron chi connectivity index (χ3n) is 6.57. The number of carbonyl (C=O) groups is 9. The maximum atomic E-state index is 13.3. The number of rotatable bonds is 16. The molecule has 9 unspecified atom stereocenters. The van der Waals surface area contributed by atoms with Crippen molar-refractivity contribution >= 4 is 65.5 Å². The number of cyclic esters (lactones) is 1. The molecule has 2 heterocycles. The molecule has 20 heteroatoms. The van der Waals surface area contributed by atoms with Gasteiger partial charge in [0.15, 0.2) is 42.9 Å². The van der Waals surface area contributed by atoms with Crippen LogP contribution in [-0.4, -0.2) is 132 Å². The van der Waals surface area contributed by atoms with Crippen molar-refractivity contribution in [3.8, 4) is 0 Å². The Balaban J connectivity index is 2.76. The van der Waals surface area contributed by atoms with Crippen molar-refractivity contribution in [3.05, 3.63) is 0 Å². The van der Waals surface area contributed by atoms with Crippen molar-refractivity contribution in [1.29, 1.82) is 0 Å². The zero-order valence-electron chi connectivity index (χ0n) is 28.0. The summed E-state index contributed by atoms with van der Waals surface area (Å²) in [4.78, 5) is 112. The van der Waals surface area contributed by atoms with Crippen molar-refractivity contribution in [2.75, 3.05) is 19.0 Å². The standard InChI is InChI=1S/C29H39NO18S/c1-12(31)40-9-21(42-14(3)33)23(44-16(5)35)25(46-18(7)37)27-30-20(29(39)48-27)11-49-28(30)26(47-19(8)38)24(45-17(6)36)22(43-15(4)34)10-41-13(2)32/h20-28H,9-11H2,1-8H3. The van der Waals surface area contributed by atoms with Gasteiger partial charge in [-0.1, -0.05) is 0 Å². The molecule has 0 radical (unpaired) electrons. The number of hydrogen-bond donors (Lipinski definition) is 0. The van der Waals surface area contributed by atoms with E-state index in [4.69, 9.17) is 42.6 Å². The van der Waals surface area contributed by atoms with Gasteiger partial charge in [0.05, 0.1) is 0 Å². The van der Waals surface area contributed by atoms with Crippen LogP contribution in [-0.2, 0) is 85.8 Å².